The molecule has 1 aromatic heterocycles. The van der Waals surface area contributed by atoms with Crippen LogP contribution in [0.2, 0.25) is 5.15 Å². The monoisotopic (exact) mass is 269 g/mol. The Bertz CT molecular complexity index is 669. The van der Waals surface area contributed by atoms with Gasteiger partial charge in [0.1, 0.15) is 10.9 Å². The lowest BCUT2D eigenvalue weighted by atomic mass is 10.2. The Hall–Kier alpha value is -2.56. The van der Waals surface area contributed by atoms with Crippen LogP contribution in [0.1, 0.15) is 11.1 Å². The smallest absolute Gasteiger partial charge is 0.221 e. The van der Waals surface area contributed by atoms with Crippen LogP contribution in [0.3, 0.4) is 0 Å². The van der Waals surface area contributed by atoms with Crippen LogP contribution in [0.5, 0.6) is 11.6 Å². The molecule has 0 spiro atoms. The highest BCUT2D eigenvalue weighted by molar-refractivity contribution is 6.29. The number of ether oxygens (including phenoxy) is 1. The fraction of sp³-hybridized carbons (Fsp3) is 0.0714. The first kappa shape index (κ1) is 12.9. The molecule has 0 amide bonds. The number of pyridine rings is 1. The molecule has 0 aliphatic heterocycles. The lowest BCUT2D eigenvalue weighted by Crippen LogP contribution is -1.90. The van der Waals surface area contributed by atoms with Gasteiger partial charge in [-0.05, 0) is 23.8 Å². The van der Waals surface area contributed by atoms with Gasteiger partial charge in [0.25, 0.3) is 0 Å². The van der Waals surface area contributed by atoms with Gasteiger partial charge in [0.05, 0.1) is 24.1 Å². The highest BCUT2D eigenvalue weighted by atomic mass is 35.5. The molecule has 0 saturated heterocycles. The van der Waals surface area contributed by atoms with Crippen LogP contribution in [-0.4, -0.2) is 4.98 Å². The molecule has 5 heteroatoms. The van der Waals surface area contributed by atoms with Gasteiger partial charge < -0.3 is 4.74 Å². The molecule has 0 aliphatic rings. The zero-order chi connectivity index (χ0) is 13.7. The van der Waals surface area contributed by atoms with Crippen LogP contribution in [0.4, 0.5) is 0 Å². The lowest BCUT2D eigenvalue weighted by molar-refractivity contribution is 0.463. The maximum Gasteiger partial charge on any atom is 0.221 e. The van der Waals surface area contributed by atoms with Gasteiger partial charge >= 0.3 is 0 Å². The summed E-state index contributed by atoms with van der Waals surface area (Å²) in [5.41, 5.74) is 1.29. The predicted molar refractivity (Wildman–Crippen MR) is 69.8 cm³/mol. The van der Waals surface area contributed by atoms with Crippen molar-refractivity contribution in [3.63, 3.8) is 0 Å². The van der Waals surface area contributed by atoms with Crippen molar-refractivity contribution in [3.8, 4) is 23.8 Å². The molecule has 0 fully saturated rings. The number of rotatable bonds is 3. The van der Waals surface area contributed by atoms with Crippen LogP contribution >= 0.6 is 11.6 Å². The maximum atomic E-state index is 8.83. The van der Waals surface area contributed by atoms with Gasteiger partial charge in [-0.1, -0.05) is 23.7 Å². The standard InChI is InChI=1S/C14H8ClN3O/c15-13-7-11(9-17)8-14(18-13)19-12-3-1-10(2-4-12)5-6-16/h1-4,7-8H,5H2. The van der Waals surface area contributed by atoms with E-state index in [9.17, 15) is 0 Å². The normalized spacial score (nSPS) is 9.42. The zero-order valence-electron chi connectivity index (χ0n) is 9.80. The molecule has 0 radical (unpaired) electrons. The van der Waals surface area contributed by atoms with Crippen molar-refractivity contribution in [1.82, 2.24) is 4.98 Å². The van der Waals surface area contributed by atoms with Gasteiger partial charge in [0, 0.05) is 6.07 Å². The van der Waals surface area contributed by atoms with Crippen molar-refractivity contribution >= 4 is 11.6 Å². The van der Waals surface area contributed by atoms with E-state index in [4.69, 9.17) is 26.9 Å². The largest absolute Gasteiger partial charge is 0.439 e. The van der Waals surface area contributed by atoms with Gasteiger partial charge in [-0.15, -0.1) is 0 Å². The molecule has 4 nitrogen and oxygen atoms in total. The Morgan fingerprint density at radius 1 is 1.16 bits per heavy atom. The third-order valence-electron chi connectivity index (χ3n) is 2.33. The van der Waals surface area contributed by atoms with Gasteiger partial charge in [-0.3, -0.25) is 0 Å². The van der Waals surface area contributed by atoms with E-state index in [2.05, 4.69) is 11.1 Å². The van der Waals surface area contributed by atoms with E-state index in [1.807, 2.05) is 6.07 Å². The highest BCUT2D eigenvalue weighted by Gasteiger charge is 2.03. The molecule has 0 bridgehead atoms. The van der Waals surface area contributed by atoms with Crippen molar-refractivity contribution in [3.05, 3.63) is 52.7 Å². The van der Waals surface area contributed by atoms with E-state index in [-0.39, 0.29) is 11.0 Å². The molecule has 1 aromatic carbocycles. The van der Waals surface area contributed by atoms with E-state index in [0.717, 1.165) is 5.56 Å². The van der Waals surface area contributed by atoms with Crippen LogP contribution in [0.15, 0.2) is 36.4 Å². The van der Waals surface area contributed by atoms with Gasteiger partial charge in [-0.2, -0.15) is 10.5 Å². The molecule has 2 rings (SSSR count). The molecule has 92 valence electrons. The summed E-state index contributed by atoms with van der Waals surface area (Å²) in [7, 11) is 0. The zero-order valence-corrected chi connectivity index (χ0v) is 10.6. The van der Waals surface area contributed by atoms with Crippen LogP contribution < -0.4 is 4.74 Å². The average Bonchev–Trinajstić information content (AvgIpc) is 2.40. The molecule has 0 unspecified atom stereocenters. The molecule has 2 aromatic rings. The van der Waals surface area contributed by atoms with Crippen LogP contribution in [0.25, 0.3) is 0 Å². The van der Waals surface area contributed by atoms with Crippen molar-refractivity contribution in [2.45, 2.75) is 6.42 Å². The van der Waals surface area contributed by atoms with E-state index in [1.54, 1.807) is 24.3 Å². The quantitative estimate of drug-likeness (QED) is 0.800. The van der Waals surface area contributed by atoms with Crippen LogP contribution in [-0.2, 0) is 6.42 Å². The number of hydrogen-bond donors (Lipinski definition) is 0. The SMILES string of the molecule is N#CCc1ccc(Oc2cc(C#N)cc(Cl)n2)cc1. The third kappa shape index (κ3) is 3.45. The van der Waals surface area contributed by atoms with Gasteiger partial charge in [-0.25, -0.2) is 4.98 Å². The minimum atomic E-state index is 0.204. The first-order chi connectivity index (χ1) is 9.21. The topological polar surface area (TPSA) is 69.7 Å². The van der Waals surface area contributed by atoms with E-state index >= 15 is 0 Å². The average molecular weight is 270 g/mol. The number of halogens is 1. The van der Waals surface area contributed by atoms with Crippen molar-refractivity contribution < 1.29 is 4.74 Å². The molecule has 0 aliphatic carbocycles. The summed E-state index contributed by atoms with van der Waals surface area (Å²) in [6.45, 7) is 0. The Kier molecular flexibility index (Phi) is 3.97. The maximum absolute atomic E-state index is 8.83. The summed E-state index contributed by atoms with van der Waals surface area (Å²) in [5.74, 6) is 0.831. The predicted octanol–water partition coefficient (Wildman–Crippen LogP) is 3.47. The molecule has 0 N–H and O–H groups in total. The summed E-state index contributed by atoms with van der Waals surface area (Å²) >= 11 is 5.78. The number of hydrogen-bond acceptors (Lipinski definition) is 4. The Morgan fingerprint density at radius 3 is 2.53 bits per heavy atom. The summed E-state index contributed by atoms with van der Waals surface area (Å²) in [6, 6.07) is 14.1. The second-order valence-corrected chi connectivity index (χ2v) is 4.10. The minimum absolute atomic E-state index is 0.204. The van der Waals surface area contributed by atoms with E-state index in [0.29, 0.717) is 17.7 Å². The minimum Gasteiger partial charge on any atom is -0.439 e. The summed E-state index contributed by atoms with van der Waals surface area (Å²) in [5, 5.41) is 17.6. The molecular weight excluding hydrogens is 262 g/mol. The van der Waals surface area contributed by atoms with E-state index in [1.165, 1.54) is 12.1 Å². The molecule has 0 atom stereocenters. The fourth-order valence-corrected chi connectivity index (χ4v) is 1.68. The third-order valence-corrected chi connectivity index (χ3v) is 2.52. The summed E-state index contributed by atoms with van der Waals surface area (Å²) < 4.78 is 5.51. The van der Waals surface area contributed by atoms with E-state index < -0.39 is 0 Å². The number of benzene rings is 1. The number of nitrogens with zero attached hydrogens (tertiary/aromatic N) is 3. The first-order valence-corrected chi connectivity index (χ1v) is 5.80. The van der Waals surface area contributed by atoms with Crippen LogP contribution in [0, 0.1) is 22.7 Å². The highest BCUT2D eigenvalue weighted by Crippen LogP contribution is 2.23. The molecule has 19 heavy (non-hydrogen) atoms. The Balaban J connectivity index is 2.19. The lowest BCUT2D eigenvalue weighted by Gasteiger charge is -2.05. The fourth-order valence-electron chi connectivity index (χ4n) is 1.48. The van der Waals surface area contributed by atoms with Crippen molar-refractivity contribution in [1.29, 1.82) is 10.5 Å². The van der Waals surface area contributed by atoms with Crippen molar-refractivity contribution in [2.75, 3.05) is 0 Å². The Labute approximate surface area is 115 Å². The van der Waals surface area contributed by atoms with Gasteiger partial charge in [0.15, 0.2) is 0 Å². The van der Waals surface area contributed by atoms with Gasteiger partial charge in [0.2, 0.25) is 5.88 Å². The number of aromatic nitrogens is 1. The second kappa shape index (κ2) is 5.86. The molecule has 1 heterocycles. The molecule has 0 saturated carbocycles. The van der Waals surface area contributed by atoms with Crippen molar-refractivity contribution in [2.24, 2.45) is 0 Å². The summed E-state index contributed by atoms with van der Waals surface area (Å²) in [6.07, 6.45) is 0.355. The molecular formula is C14H8ClN3O. The first-order valence-electron chi connectivity index (χ1n) is 5.42. The summed E-state index contributed by atoms with van der Waals surface area (Å²) in [4.78, 5) is 3.98. The Morgan fingerprint density at radius 2 is 1.89 bits per heavy atom. The number of nitriles is 2. The second-order valence-electron chi connectivity index (χ2n) is 3.71.